The van der Waals surface area contributed by atoms with Crippen LogP contribution in [-0.2, 0) is 9.47 Å². The first-order chi connectivity index (χ1) is 15.2. The number of rotatable bonds is 4. The van der Waals surface area contributed by atoms with Crippen molar-refractivity contribution >= 4 is 23.2 Å². The third kappa shape index (κ3) is 4.36. The molecule has 2 aliphatic heterocycles. The number of hydrogen-bond donors (Lipinski definition) is 1. The van der Waals surface area contributed by atoms with Gasteiger partial charge in [-0.25, -0.2) is 9.78 Å². The summed E-state index contributed by atoms with van der Waals surface area (Å²) in [5, 5.41) is 20.7. The second-order valence-electron chi connectivity index (χ2n) is 9.39. The average Bonchev–Trinajstić information content (AvgIpc) is 2.76. The maximum Gasteiger partial charge on any atom is 0.408 e. The summed E-state index contributed by atoms with van der Waals surface area (Å²) in [6, 6.07) is 5.56. The minimum atomic E-state index is -0.548. The highest BCUT2D eigenvalue weighted by Gasteiger charge is 2.49. The van der Waals surface area contributed by atoms with Crippen LogP contribution in [0.25, 0.3) is 17.1 Å². The molecule has 0 radical (unpaired) electrons. The quantitative estimate of drug-likeness (QED) is 0.771. The highest BCUT2D eigenvalue weighted by molar-refractivity contribution is 5.86. The fourth-order valence-corrected chi connectivity index (χ4v) is 4.19. The summed E-state index contributed by atoms with van der Waals surface area (Å²) in [5.41, 5.74) is 0.496. The van der Waals surface area contributed by atoms with Gasteiger partial charge in [0, 0.05) is 11.6 Å². The standard InChI is InChI=1S/C23H27N5O4/c1-21(2,3)32-20(29)26-22-9-11-23(12-10-22,31-14-22)8-7-15-17(13-24)28-27-16-5-6-18(30-4)25-19(15)16/h5-8H,9-12,14H2,1-4H3,(H,26,29). The molecule has 0 atom stereocenters. The number of pyridine rings is 1. The second kappa shape index (κ2) is 8.02. The van der Waals surface area contributed by atoms with E-state index >= 15 is 0 Å². The molecule has 1 amide bonds. The molecule has 32 heavy (non-hydrogen) atoms. The van der Waals surface area contributed by atoms with Gasteiger partial charge in [-0.05, 0) is 52.5 Å². The molecule has 2 aromatic heterocycles. The number of fused-ring (bicyclic) bond motifs is 4. The van der Waals surface area contributed by atoms with Gasteiger partial charge in [0.25, 0.3) is 0 Å². The molecule has 3 fully saturated rings. The number of nitrogens with one attached hydrogen (secondary N) is 1. The summed E-state index contributed by atoms with van der Waals surface area (Å²) in [7, 11) is 1.54. The molecule has 1 aliphatic carbocycles. The zero-order valence-corrected chi connectivity index (χ0v) is 18.8. The van der Waals surface area contributed by atoms with Crippen molar-refractivity contribution in [2.75, 3.05) is 13.7 Å². The van der Waals surface area contributed by atoms with Crippen molar-refractivity contribution in [1.82, 2.24) is 20.5 Å². The Labute approximate surface area is 186 Å². The van der Waals surface area contributed by atoms with Gasteiger partial charge in [-0.3, -0.25) is 0 Å². The number of alkyl carbamates (subject to hydrolysis) is 1. The zero-order valence-electron chi connectivity index (χ0n) is 18.8. The third-order valence-corrected chi connectivity index (χ3v) is 5.94. The van der Waals surface area contributed by atoms with Crippen LogP contribution in [0.4, 0.5) is 4.79 Å². The smallest absolute Gasteiger partial charge is 0.408 e. The Kier molecular flexibility index (Phi) is 5.51. The predicted molar refractivity (Wildman–Crippen MR) is 117 cm³/mol. The number of carbonyl (C=O) groups is 1. The lowest BCUT2D eigenvalue weighted by molar-refractivity contribution is -0.133. The van der Waals surface area contributed by atoms with Crippen molar-refractivity contribution in [1.29, 1.82) is 5.26 Å². The van der Waals surface area contributed by atoms with Crippen molar-refractivity contribution in [3.63, 3.8) is 0 Å². The van der Waals surface area contributed by atoms with Crippen LogP contribution in [-0.4, -0.2) is 51.7 Å². The second-order valence-corrected chi connectivity index (χ2v) is 9.39. The van der Waals surface area contributed by atoms with Gasteiger partial charge < -0.3 is 19.5 Å². The first kappa shape index (κ1) is 22.0. The topological polar surface area (TPSA) is 119 Å². The van der Waals surface area contributed by atoms with Gasteiger partial charge in [-0.1, -0.05) is 12.2 Å². The number of amides is 1. The first-order valence-electron chi connectivity index (χ1n) is 10.6. The van der Waals surface area contributed by atoms with E-state index in [0.29, 0.717) is 29.1 Å². The van der Waals surface area contributed by atoms with Crippen molar-refractivity contribution in [2.45, 2.75) is 63.2 Å². The molecular weight excluding hydrogens is 410 g/mol. The van der Waals surface area contributed by atoms with Gasteiger partial charge in [0.15, 0.2) is 5.69 Å². The maximum atomic E-state index is 12.3. The molecule has 1 N–H and O–H groups in total. The Morgan fingerprint density at radius 1 is 1.25 bits per heavy atom. The summed E-state index contributed by atoms with van der Waals surface area (Å²) in [4.78, 5) is 16.8. The molecule has 9 nitrogen and oxygen atoms in total. The predicted octanol–water partition coefficient (Wildman–Crippen LogP) is 3.52. The number of ether oxygens (including phenoxy) is 3. The van der Waals surface area contributed by atoms with Crippen LogP contribution in [0.5, 0.6) is 5.88 Å². The van der Waals surface area contributed by atoms with E-state index < -0.39 is 22.8 Å². The lowest BCUT2D eigenvalue weighted by atomic mass is 9.71. The Balaban J connectivity index is 1.55. The van der Waals surface area contributed by atoms with E-state index in [4.69, 9.17) is 14.2 Å². The number of aromatic nitrogens is 3. The molecule has 0 spiro atoms. The molecule has 2 bridgehead atoms. The van der Waals surface area contributed by atoms with E-state index in [0.717, 1.165) is 25.7 Å². The van der Waals surface area contributed by atoms with E-state index in [9.17, 15) is 10.1 Å². The fraction of sp³-hybridized carbons (Fsp3) is 0.522. The van der Waals surface area contributed by atoms with Crippen LogP contribution in [0.2, 0.25) is 0 Å². The fourth-order valence-electron chi connectivity index (χ4n) is 4.19. The van der Waals surface area contributed by atoms with Crippen LogP contribution in [0.15, 0.2) is 18.2 Å². The molecule has 0 aromatic carbocycles. The van der Waals surface area contributed by atoms with Crippen LogP contribution < -0.4 is 10.1 Å². The Hall–Kier alpha value is -3.25. The SMILES string of the molecule is COc1ccc2nnc(C#N)c(C=CC34CCC(NC(=O)OC(C)(C)C)(CC3)CO4)c2n1. The third-order valence-electron chi connectivity index (χ3n) is 5.94. The van der Waals surface area contributed by atoms with Crippen molar-refractivity contribution in [3.05, 3.63) is 29.5 Å². The highest BCUT2D eigenvalue weighted by atomic mass is 16.6. The van der Waals surface area contributed by atoms with E-state index in [-0.39, 0.29) is 5.69 Å². The molecule has 0 unspecified atom stereocenters. The van der Waals surface area contributed by atoms with Gasteiger partial charge >= 0.3 is 6.09 Å². The largest absolute Gasteiger partial charge is 0.481 e. The molecular formula is C23H27N5O4. The summed E-state index contributed by atoms with van der Waals surface area (Å²) in [6.07, 6.45) is 6.47. The minimum Gasteiger partial charge on any atom is -0.481 e. The molecule has 3 aliphatic rings. The number of carbonyl (C=O) groups excluding carboxylic acids is 1. The summed E-state index contributed by atoms with van der Waals surface area (Å²) >= 11 is 0. The molecule has 4 heterocycles. The minimum absolute atomic E-state index is 0.193. The molecule has 2 aromatic rings. The summed E-state index contributed by atoms with van der Waals surface area (Å²) in [5.74, 6) is 0.437. The zero-order chi connectivity index (χ0) is 23.0. The maximum absolute atomic E-state index is 12.3. The van der Waals surface area contributed by atoms with E-state index in [1.54, 1.807) is 12.1 Å². The van der Waals surface area contributed by atoms with Crippen molar-refractivity contribution < 1.29 is 19.0 Å². The van der Waals surface area contributed by atoms with Crippen molar-refractivity contribution in [3.8, 4) is 11.9 Å². The summed E-state index contributed by atoms with van der Waals surface area (Å²) in [6.45, 7) is 5.94. The van der Waals surface area contributed by atoms with Crippen LogP contribution in [0.1, 0.15) is 57.7 Å². The van der Waals surface area contributed by atoms with Crippen LogP contribution >= 0.6 is 0 Å². The highest BCUT2D eigenvalue weighted by Crippen LogP contribution is 2.45. The molecule has 168 valence electrons. The van der Waals surface area contributed by atoms with Gasteiger partial charge in [0.05, 0.1) is 24.9 Å². The van der Waals surface area contributed by atoms with Gasteiger partial charge in [-0.2, -0.15) is 5.26 Å². The van der Waals surface area contributed by atoms with Crippen molar-refractivity contribution in [2.24, 2.45) is 0 Å². The van der Waals surface area contributed by atoms with E-state index in [2.05, 4.69) is 26.6 Å². The van der Waals surface area contributed by atoms with Gasteiger partial charge in [0.2, 0.25) is 5.88 Å². The number of hydrogen-bond acceptors (Lipinski definition) is 8. The van der Waals surface area contributed by atoms with Crippen LogP contribution in [0.3, 0.4) is 0 Å². The van der Waals surface area contributed by atoms with E-state index in [1.165, 1.54) is 7.11 Å². The molecule has 2 saturated heterocycles. The van der Waals surface area contributed by atoms with Gasteiger partial charge in [0.1, 0.15) is 22.7 Å². The Morgan fingerprint density at radius 2 is 2.00 bits per heavy atom. The first-order valence-corrected chi connectivity index (χ1v) is 10.6. The number of nitriles is 1. The number of methoxy groups -OCH3 is 1. The Bertz CT molecular complexity index is 1090. The molecule has 5 rings (SSSR count). The van der Waals surface area contributed by atoms with E-state index in [1.807, 2.05) is 32.9 Å². The summed E-state index contributed by atoms with van der Waals surface area (Å²) < 4.78 is 16.9. The average molecular weight is 438 g/mol. The molecule has 9 heteroatoms. The monoisotopic (exact) mass is 437 g/mol. The van der Waals surface area contributed by atoms with Gasteiger partial charge in [-0.15, -0.1) is 10.2 Å². The Morgan fingerprint density at radius 3 is 2.59 bits per heavy atom. The normalized spacial score (nSPS) is 25.0. The molecule has 1 saturated carbocycles. The van der Waals surface area contributed by atoms with Crippen LogP contribution in [0, 0.1) is 11.3 Å². The lowest BCUT2D eigenvalue weighted by Gasteiger charge is -2.52. The number of nitrogens with zero attached hydrogens (tertiary/aromatic N) is 4. The lowest BCUT2D eigenvalue weighted by Crippen LogP contribution is -2.62.